The molecular formula is C15H27N5. The van der Waals surface area contributed by atoms with Crippen LogP contribution in [0.5, 0.6) is 0 Å². The zero-order chi connectivity index (χ0) is 14.5. The van der Waals surface area contributed by atoms with Crippen molar-refractivity contribution in [1.82, 2.24) is 9.97 Å². The first-order chi connectivity index (χ1) is 9.62. The summed E-state index contributed by atoms with van der Waals surface area (Å²) in [6.07, 6.45) is 5.62. The second-order valence-corrected chi connectivity index (χ2v) is 6.06. The molecule has 0 radical (unpaired) electrons. The van der Waals surface area contributed by atoms with E-state index in [4.69, 9.17) is 5.84 Å². The molecule has 3 unspecified atom stereocenters. The lowest BCUT2D eigenvalue weighted by Gasteiger charge is -2.32. The van der Waals surface area contributed by atoms with Crippen LogP contribution in [-0.2, 0) is 6.42 Å². The number of nitrogens with zero attached hydrogens (tertiary/aromatic N) is 2. The van der Waals surface area contributed by atoms with Crippen molar-refractivity contribution in [2.24, 2.45) is 17.7 Å². The molecule has 5 heteroatoms. The molecule has 1 aromatic rings. The molecule has 1 aromatic heterocycles. The standard InChI is InChI=1S/C15H27N5/c1-4-5-13-18-14(9-15(19-13)20-16)17-12-7-6-10(2)11(3)8-12/h9-12H,4-8,16H2,1-3H3,(H2,17,18,19,20). The third-order valence-corrected chi connectivity index (χ3v) is 4.34. The molecular weight excluding hydrogens is 250 g/mol. The highest BCUT2D eigenvalue weighted by atomic mass is 15.3. The maximum atomic E-state index is 5.49. The van der Waals surface area contributed by atoms with E-state index in [1.807, 2.05) is 6.07 Å². The van der Waals surface area contributed by atoms with Gasteiger partial charge in [0.05, 0.1) is 0 Å². The molecule has 0 spiro atoms. The number of aromatic nitrogens is 2. The lowest BCUT2D eigenvalue weighted by atomic mass is 9.79. The van der Waals surface area contributed by atoms with Gasteiger partial charge in [-0.05, 0) is 37.5 Å². The molecule has 1 aliphatic rings. The van der Waals surface area contributed by atoms with Gasteiger partial charge in [0.2, 0.25) is 0 Å². The maximum absolute atomic E-state index is 5.49. The van der Waals surface area contributed by atoms with Gasteiger partial charge in [0.1, 0.15) is 17.5 Å². The first kappa shape index (κ1) is 15.0. The molecule has 2 rings (SSSR count). The van der Waals surface area contributed by atoms with E-state index in [1.165, 1.54) is 19.3 Å². The largest absolute Gasteiger partial charge is 0.367 e. The van der Waals surface area contributed by atoms with Crippen molar-refractivity contribution < 1.29 is 0 Å². The Balaban J connectivity index is 2.06. The lowest BCUT2D eigenvalue weighted by Crippen LogP contribution is -2.30. The van der Waals surface area contributed by atoms with Gasteiger partial charge in [-0.25, -0.2) is 15.8 Å². The summed E-state index contributed by atoms with van der Waals surface area (Å²) in [6, 6.07) is 2.40. The number of hydrogen-bond acceptors (Lipinski definition) is 5. The van der Waals surface area contributed by atoms with E-state index in [0.717, 1.165) is 36.3 Å². The summed E-state index contributed by atoms with van der Waals surface area (Å²) < 4.78 is 0. The number of nitrogen functional groups attached to an aromatic ring is 1. The van der Waals surface area contributed by atoms with Crippen LogP contribution in [0.2, 0.25) is 0 Å². The van der Waals surface area contributed by atoms with Crippen molar-refractivity contribution in [3.05, 3.63) is 11.9 Å². The molecule has 0 amide bonds. The maximum Gasteiger partial charge on any atom is 0.145 e. The number of hydrogen-bond donors (Lipinski definition) is 3. The predicted octanol–water partition coefficient (Wildman–Crippen LogP) is 2.95. The van der Waals surface area contributed by atoms with Crippen molar-refractivity contribution in [1.29, 1.82) is 0 Å². The molecule has 0 bridgehead atoms. The highest BCUT2D eigenvalue weighted by Gasteiger charge is 2.24. The third-order valence-electron chi connectivity index (χ3n) is 4.34. The predicted molar refractivity (Wildman–Crippen MR) is 83.4 cm³/mol. The van der Waals surface area contributed by atoms with Crippen LogP contribution in [0.3, 0.4) is 0 Å². The molecule has 1 heterocycles. The summed E-state index contributed by atoms with van der Waals surface area (Å²) >= 11 is 0. The Labute approximate surface area is 121 Å². The smallest absolute Gasteiger partial charge is 0.145 e. The van der Waals surface area contributed by atoms with Crippen LogP contribution in [0, 0.1) is 11.8 Å². The summed E-state index contributed by atoms with van der Waals surface area (Å²) in [5.74, 6) is 9.51. The molecule has 1 aliphatic carbocycles. The van der Waals surface area contributed by atoms with E-state index >= 15 is 0 Å². The quantitative estimate of drug-likeness (QED) is 0.570. The van der Waals surface area contributed by atoms with Gasteiger partial charge in [-0.1, -0.05) is 20.8 Å². The number of nitrogens with one attached hydrogen (secondary N) is 2. The molecule has 1 fully saturated rings. The Hall–Kier alpha value is -1.36. The molecule has 3 atom stereocenters. The van der Waals surface area contributed by atoms with Crippen LogP contribution in [0.4, 0.5) is 11.6 Å². The molecule has 4 N–H and O–H groups in total. The first-order valence-electron chi connectivity index (χ1n) is 7.73. The topological polar surface area (TPSA) is 75.9 Å². The Kier molecular flexibility index (Phi) is 5.17. The summed E-state index contributed by atoms with van der Waals surface area (Å²) in [7, 11) is 0. The van der Waals surface area contributed by atoms with Crippen LogP contribution >= 0.6 is 0 Å². The van der Waals surface area contributed by atoms with E-state index in [1.54, 1.807) is 0 Å². The number of hydrazine groups is 1. The van der Waals surface area contributed by atoms with Gasteiger partial charge in [0, 0.05) is 18.5 Å². The van der Waals surface area contributed by atoms with E-state index in [-0.39, 0.29) is 0 Å². The van der Waals surface area contributed by atoms with Gasteiger partial charge in [0.25, 0.3) is 0 Å². The fourth-order valence-electron chi connectivity index (χ4n) is 2.87. The van der Waals surface area contributed by atoms with E-state index in [2.05, 4.69) is 41.5 Å². The van der Waals surface area contributed by atoms with Gasteiger partial charge in [-0.3, -0.25) is 0 Å². The summed E-state index contributed by atoms with van der Waals surface area (Å²) in [6.45, 7) is 6.82. The lowest BCUT2D eigenvalue weighted by molar-refractivity contribution is 0.260. The number of aryl methyl sites for hydroxylation is 1. The molecule has 0 saturated heterocycles. The van der Waals surface area contributed by atoms with Crippen molar-refractivity contribution >= 4 is 11.6 Å². The summed E-state index contributed by atoms with van der Waals surface area (Å²) in [5.41, 5.74) is 2.63. The Morgan fingerprint density at radius 2 is 1.95 bits per heavy atom. The van der Waals surface area contributed by atoms with Crippen LogP contribution in [0.25, 0.3) is 0 Å². The van der Waals surface area contributed by atoms with E-state index < -0.39 is 0 Å². The first-order valence-corrected chi connectivity index (χ1v) is 7.73. The summed E-state index contributed by atoms with van der Waals surface area (Å²) in [4.78, 5) is 8.97. The number of nitrogens with two attached hydrogens (primary N) is 1. The van der Waals surface area contributed by atoms with Crippen LogP contribution in [0.15, 0.2) is 6.07 Å². The highest BCUT2D eigenvalue weighted by Crippen LogP contribution is 2.31. The summed E-state index contributed by atoms with van der Waals surface area (Å²) in [5, 5.41) is 3.56. The third kappa shape index (κ3) is 3.82. The molecule has 1 saturated carbocycles. The zero-order valence-electron chi connectivity index (χ0n) is 12.8. The number of anilines is 2. The zero-order valence-corrected chi connectivity index (χ0v) is 12.8. The monoisotopic (exact) mass is 277 g/mol. The average molecular weight is 277 g/mol. The Morgan fingerprint density at radius 1 is 1.20 bits per heavy atom. The second-order valence-electron chi connectivity index (χ2n) is 6.06. The minimum Gasteiger partial charge on any atom is -0.367 e. The second kappa shape index (κ2) is 6.88. The molecule has 112 valence electrons. The molecule has 0 aliphatic heterocycles. The van der Waals surface area contributed by atoms with E-state index in [9.17, 15) is 0 Å². The Bertz CT molecular complexity index is 434. The normalized spacial score (nSPS) is 26.3. The van der Waals surface area contributed by atoms with Crippen LogP contribution < -0.4 is 16.6 Å². The van der Waals surface area contributed by atoms with E-state index in [0.29, 0.717) is 11.9 Å². The van der Waals surface area contributed by atoms with Crippen LogP contribution in [-0.4, -0.2) is 16.0 Å². The van der Waals surface area contributed by atoms with Crippen molar-refractivity contribution in [2.75, 3.05) is 10.7 Å². The van der Waals surface area contributed by atoms with Gasteiger partial charge in [0.15, 0.2) is 0 Å². The molecule has 0 aromatic carbocycles. The highest BCUT2D eigenvalue weighted by molar-refractivity contribution is 5.47. The van der Waals surface area contributed by atoms with Crippen LogP contribution in [0.1, 0.15) is 52.3 Å². The molecule has 20 heavy (non-hydrogen) atoms. The Morgan fingerprint density at radius 3 is 2.60 bits per heavy atom. The van der Waals surface area contributed by atoms with Gasteiger partial charge < -0.3 is 10.7 Å². The fraction of sp³-hybridized carbons (Fsp3) is 0.733. The van der Waals surface area contributed by atoms with Crippen molar-refractivity contribution in [3.63, 3.8) is 0 Å². The SMILES string of the molecule is CCCc1nc(NN)cc(NC2CCC(C)C(C)C2)n1. The van der Waals surface area contributed by atoms with Gasteiger partial charge in [-0.2, -0.15) is 0 Å². The van der Waals surface area contributed by atoms with Crippen molar-refractivity contribution in [2.45, 2.75) is 58.9 Å². The van der Waals surface area contributed by atoms with Crippen molar-refractivity contribution in [3.8, 4) is 0 Å². The van der Waals surface area contributed by atoms with Gasteiger partial charge in [-0.15, -0.1) is 0 Å². The number of rotatable bonds is 5. The fourth-order valence-corrected chi connectivity index (χ4v) is 2.87. The average Bonchev–Trinajstić information content (AvgIpc) is 2.43. The molecule has 5 nitrogen and oxygen atoms in total. The minimum absolute atomic E-state index is 0.510. The minimum atomic E-state index is 0.510. The van der Waals surface area contributed by atoms with Gasteiger partial charge >= 0.3 is 0 Å².